The molecular formula is C45H88NO19P3. The highest BCUT2D eigenvalue weighted by Gasteiger charge is 2.56. The van der Waals surface area contributed by atoms with E-state index < -0.39 is 91.3 Å². The van der Waals surface area contributed by atoms with Crippen LogP contribution in [-0.4, -0.2) is 108 Å². The molecule has 0 aromatic heterocycles. The number of ether oxygens (including phenoxy) is 2. The van der Waals surface area contributed by atoms with Crippen molar-refractivity contribution in [2.24, 2.45) is 0 Å². The van der Waals surface area contributed by atoms with Crippen LogP contribution < -0.4 is 6.15 Å². The lowest BCUT2D eigenvalue weighted by atomic mass is 9.85. The van der Waals surface area contributed by atoms with E-state index in [0.29, 0.717) is 12.8 Å². The molecule has 0 saturated heterocycles. The molecule has 0 aromatic carbocycles. The predicted octanol–water partition coefficient (Wildman–Crippen LogP) is 9.23. The van der Waals surface area contributed by atoms with Gasteiger partial charge in [0.05, 0.1) is 6.61 Å². The second-order valence-corrected chi connectivity index (χ2v) is 21.2. The van der Waals surface area contributed by atoms with Crippen molar-refractivity contribution in [1.29, 1.82) is 0 Å². The van der Waals surface area contributed by atoms with Gasteiger partial charge < -0.3 is 55.4 Å². The summed E-state index contributed by atoms with van der Waals surface area (Å²) in [4.78, 5) is 73.2. The average Bonchev–Trinajstić information content (AvgIpc) is 3.25. The van der Waals surface area contributed by atoms with E-state index in [0.717, 1.165) is 77.0 Å². The van der Waals surface area contributed by atoms with Crippen LogP contribution in [0.2, 0.25) is 0 Å². The first-order valence-corrected chi connectivity index (χ1v) is 29.2. The number of aliphatic hydroxyl groups excluding tert-OH is 3. The SMILES string of the molecule is CCCCCCCC/C=C\CCCCCCCC(=O)OC[C@H](COP(=O)(O)O[C@@H]1[C@H](O)[C@H](O)[C@@H](OP(=O)(O)O)[C@H](OP(=O)(O)O)[C@H]1O)OC(=O)CCCCCCC/C=C\CCCCCCCC.N. The lowest BCUT2D eigenvalue weighted by Gasteiger charge is -2.44. The van der Waals surface area contributed by atoms with Gasteiger partial charge in [0.2, 0.25) is 0 Å². The minimum atomic E-state index is -5.60. The van der Waals surface area contributed by atoms with Crippen molar-refractivity contribution in [3.63, 3.8) is 0 Å². The molecule has 68 heavy (non-hydrogen) atoms. The number of carbonyl (C=O) groups is 2. The lowest BCUT2D eigenvalue weighted by Crippen LogP contribution is -2.65. The van der Waals surface area contributed by atoms with Crippen LogP contribution in [0.4, 0.5) is 0 Å². The lowest BCUT2D eigenvalue weighted by molar-refractivity contribution is -0.213. The number of hydrogen-bond acceptors (Lipinski definition) is 15. The summed E-state index contributed by atoms with van der Waals surface area (Å²) in [5.41, 5.74) is 0. The van der Waals surface area contributed by atoms with Crippen molar-refractivity contribution in [2.45, 2.75) is 236 Å². The third-order valence-corrected chi connectivity index (χ3v) is 13.3. The minimum Gasteiger partial charge on any atom is -0.462 e. The summed E-state index contributed by atoms with van der Waals surface area (Å²) in [6, 6.07) is 0. The highest BCUT2D eigenvalue weighted by atomic mass is 31.2. The Bertz CT molecular complexity index is 1510. The Morgan fingerprint density at radius 1 is 0.471 bits per heavy atom. The van der Waals surface area contributed by atoms with Gasteiger partial charge in [-0.2, -0.15) is 0 Å². The molecule has 1 fully saturated rings. The van der Waals surface area contributed by atoms with Crippen LogP contribution in [0, 0.1) is 0 Å². The van der Waals surface area contributed by atoms with E-state index in [4.69, 9.17) is 18.5 Å². The number of carbonyl (C=O) groups excluding carboxylic acids is 2. The first-order chi connectivity index (χ1) is 31.8. The van der Waals surface area contributed by atoms with Gasteiger partial charge in [-0.15, -0.1) is 0 Å². The van der Waals surface area contributed by atoms with Crippen molar-refractivity contribution >= 4 is 35.4 Å². The second-order valence-electron chi connectivity index (χ2n) is 17.4. The van der Waals surface area contributed by atoms with E-state index in [9.17, 15) is 63.1 Å². The minimum absolute atomic E-state index is 0. The molecule has 1 saturated carbocycles. The average molecular weight is 1040 g/mol. The smallest absolute Gasteiger partial charge is 0.462 e. The van der Waals surface area contributed by atoms with Gasteiger partial charge in [0, 0.05) is 12.8 Å². The third-order valence-electron chi connectivity index (χ3n) is 11.2. The summed E-state index contributed by atoms with van der Waals surface area (Å²) in [6.07, 6.45) is 20.5. The highest BCUT2D eigenvalue weighted by molar-refractivity contribution is 7.47. The molecule has 8 atom stereocenters. The van der Waals surface area contributed by atoms with Crippen LogP contribution in [0.15, 0.2) is 24.3 Å². The van der Waals surface area contributed by atoms with Gasteiger partial charge in [-0.1, -0.05) is 141 Å². The van der Waals surface area contributed by atoms with Crippen LogP contribution in [0.5, 0.6) is 0 Å². The zero-order valence-electron chi connectivity index (χ0n) is 40.7. The Morgan fingerprint density at radius 2 is 0.824 bits per heavy atom. The summed E-state index contributed by atoms with van der Waals surface area (Å²) in [7, 11) is -16.6. The predicted molar refractivity (Wildman–Crippen MR) is 257 cm³/mol. The van der Waals surface area contributed by atoms with Crippen molar-refractivity contribution < 1.29 is 90.6 Å². The van der Waals surface area contributed by atoms with Gasteiger partial charge in [0.25, 0.3) is 0 Å². The topological polar surface area (TPSA) is 338 Å². The van der Waals surface area contributed by atoms with Crippen LogP contribution >= 0.6 is 23.5 Å². The van der Waals surface area contributed by atoms with E-state index in [1.165, 1.54) is 77.0 Å². The Hall–Kier alpha value is -1.41. The fourth-order valence-corrected chi connectivity index (χ4v) is 9.61. The Balaban J connectivity index is 0.0000449. The highest BCUT2D eigenvalue weighted by Crippen LogP contribution is 2.51. The van der Waals surface area contributed by atoms with Crippen molar-refractivity contribution in [2.75, 3.05) is 13.2 Å². The van der Waals surface area contributed by atoms with Gasteiger partial charge in [-0.25, -0.2) is 13.7 Å². The van der Waals surface area contributed by atoms with Crippen molar-refractivity contribution in [3.8, 4) is 0 Å². The standard InChI is InChI=1S/C45H85O19P3.H3N/c1-3-5-7-9-11-13-15-17-19-21-23-25-27-29-31-33-38(46)59-35-37(61-39(47)34-32-30-28-26-24-22-20-18-16-14-12-10-8-6-4-2)36-60-67(57,58)64-43-40(48)41(49)44(62-65(51,52)53)45(42(43)50)63-66(54,55)56;/h17-20,37,40-45,48-50H,3-16,21-36H2,1-2H3,(H,57,58)(H2,51,52,53)(H2,54,55,56);1H3/b19-17-,20-18-;/t37-,40-,41+,42+,43-,44-,45-;/m1./s1. The van der Waals surface area contributed by atoms with E-state index in [-0.39, 0.29) is 19.0 Å². The van der Waals surface area contributed by atoms with Crippen molar-refractivity contribution in [3.05, 3.63) is 24.3 Å². The number of aliphatic hydroxyl groups is 3. The summed E-state index contributed by atoms with van der Waals surface area (Å²) in [5.74, 6) is -1.31. The number of esters is 2. The Labute approximate surface area is 405 Å². The van der Waals surface area contributed by atoms with Gasteiger partial charge in [0.15, 0.2) is 6.10 Å². The summed E-state index contributed by atoms with van der Waals surface area (Å²) in [5, 5.41) is 31.9. The first-order valence-electron chi connectivity index (χ1n) is 24.6. The largest absolute Gasteiger partial charge is 0.472 e. The van der Waals surface area contributed by atoms with Crippen LogP contribution in [0.25, 0.3) is 0 Å². The molecule has 20 nitrogen and oxygen atoms in total. The molecule has 0 amide bonds. The molecule has 11 N–H and O–H groups in total. The number of phosphoric acid groups is 3. The fourth-order valence-electron chi connectivity index (χ4n) is 7.51. The molecular weight excluding hydrogens is 951 g/mol. The zero-order chi connectivity index (χ0) is 50.0. The number of unbranched alkanes of at least 4 members (excludes halogenated alkanes) is 22. The zero-order valence-corrected chi connectivity index (χ0v) is 43.4. The summed E-state index contributed by atoms with van der Waals surface area (Å²) < 4.78 is 65.5. The van der Waals surface area contributed by atoms with E-state index in [2.05, 4.69) is 47.2 Å². The third kappa shape index (κ3) is 34.8. The molecule has 1 aliphatic rings. The van der Waals surface area contributed by atoms with E-state index in [1.807, 2.05) is 0 Å². The summed E-state index contributed by atoms with van der Waals surface area (Å²) >= 11 is 0. The number of hydrogen-bond donors (Lipinski definition) is 9. The molecule has 0 heterocycles. The van der Waals surface area contributed by atoms with Gasteiger partial charge >= 0.3 is 35.4 Å². The van der Waals surface area contributed by atoms with Gasteiger partial charge in [-0.3, -0.25) is 27.7 Å². The molecule has 23 heteroatoms. The maximum Gasteiger partial charge on any atom is 0.472 e. The fraction of sp³-hybridized carbons (Fsp3) is 0.867. The molecule has 1 aliphatic carbocycles. The molecule has 0 spiro atoms. The molecule has 1 unspecified atom stereocenters. The molecule has 0 aliphatic heterocycles. The number of rotatable bonds is 42. The van der Waals surface area contributed by atoms with Crippen LogP contribution in [0.3, 0.4) is 0 Å². The molecule has 0 radical (unpaired) electrons. The Kier molecular flexibility index (Phi) is 38.3. The monoisotopic (exact) mass is 1040 g/mol. The summed E-state index contributed by atoms with van der Waals surface area (Å²) in [6.45, 7) is 2.93. The molecule has 1 rings (SSSR count). The van der Waals surface area contributed by atoms with Crippen LogP contribution in [-0.2, 0) is 50.9 Å². The van der Waals surface area contributed by atoms with Gasteiger partial charge in [-0.05, 0) is 64.2 Å². The molecule has 0 bridgehead atoms. The molecule has 402 valence electrons. The second kappa shape index (κ2) is 39.2. The van der Waals surface area contributed by atoms with E-state index in [1.54, 1.807) is 0 Å². The van der Waals surface area contributed by atoms with E-state index >= 15 is 0 Å². The Morgan fingerprint density at radius 3 is 1.24 bits per heavy atom. The van der Waals surface area contributed by atoms with Crippen molar-refractivity contribution in [1.82, 2.24) is 6.15 Å². The maximum atomic E-state index is 13.1. The quantitative estimate of drug-likeness (QED) is 0.0119. The normalized spacial score (nSPS) is 21.4. The molecule has 0 aromatic rings. The van der Waals surface area contributed by atoms with Crippen LogP contribution in [0.1, 0.15) is 194 Å². The number of phosphoric ester groups is 3. The first kappa shape index (κ1) is 66.6. The number of allylic oxidation sites excluding steroid dienone is 4. The maximum absolute atomic E-state index is 13.1. The van der Waals surface area contributed by atoms with Gasteiger partial charge in [0.1, 0.15) is 43.2 Å².